The summed E-state index contributed by atoms with van der Waals surface area (Å²) in [6.45, 7) is 4.05. The van der Waals surface area contributed by atoms with Crippen molar-refractivity contribution in [3.63, 3.8) is 0 Å². The van der Waals surface area contributed by atoms with E-state index in [1.165, 1.54) is 4.90 Å². The molecule has 0 amide bonds. The summed E-state index contributed by atoms with van der Waals surface area (Å²) in [5.74, 6) is 1.44. The molecule has 1 rings (SSSR count). The van der Waals surface area contributed by atoms with Gasteiger partial charge in [0.15, 0.2) is 0 Å². The van der Waals surface area contributed by atoms with Crippen LogP contribution in [0.5, 0.6) is 0 Å². The summed E-state index contributed by atoms with van der Waals surface area (Å²) in [5.41, 5.74) is 5.79. The highest BCUT2D eigenvalue weighted by molar-refractivity contribution is 9.10. The lowest BCUT2D eigenvalue weighted by Crippen LogP contribution is -2.16. The molecular formula is C11H15BrN2S. The summed E-state index contributed by atoms with van der Waals surface area (Å²) < 4.78 is 1.10. The number of halogens is 1. The fourth-order valence-corrected chi connectivity index (χ4v) is 2.47. The highest BCUT2D eigenvalue weighted by Crippen LogP contribution is 2.26. The van der Waals surface area contributed by atoms with Crippen molar-refractivity contribution in [3.05, 3.63) is 28.7 Å². The van der Waals surface area contributed by atoms with Crippen molar-refractivity contribution in [3.8, 4) is 0 Å². The third-order valence-electron chi connectivity index (χ3n) is 1.64. The fraction of sp³-hybridized carbons (Fsp3) is 0.364. The summed E-state index contributed by atoms with van der Waals surface area (Å²) in [7, 11) is 0. The molecule has 0 heterocycles. The van der Waals surface area contributed by atoms with E-state index in [1.54, 1.807) is 11.8 Å². The summed E-state index contributed by atoms with van der Waals surface area (Å²) in [4.78, 5) is 5.47. The Kier molecular flexibility index (Phi) is 5.19. The largest absolute Gasteiger partial charge is 0.387 e. The number of aliphatic imine (C=N–C) groups is 1. The highest BCUT2D eigenvalue weighted by Gasteiger charge is 2.01. The van der Waals surface area contributed by atoms with Crippen molar-refractivity contribution in [2.45, 2.75) is 24.8 Å². The van der Waals surface area contributed by atoms with E-state index in [0.717, 1.165) is 10.2 Å². The molecule has 4 heteroatoms. The number of nitrogens with two attached hydrogens (primary N) is 1. The number of hydrogen-bond donors (Lipinski definition) is 1. The zero-order valence-electron chi connectivity index (χ0n) is 8.90. The normalized spacial score (nSPS) is 12.1. The smallest absolute Gasteiger partial charge is 0.104 e. The van der Waals surface area contributed by atoms with Crippen molar-refractivity contribution in [1.29, 1.82) is 0 Å². The summed E-state index contributed by atoms with van der Waals surface area (Å²) in [6.07, 6.45) is 0. The third kappa shape index (κ3) is 4.71. The number of hydrogen-bond acceptors (Lipinski definition) is 2. The van der Waals surface area contributed by atoms with Gasteiger partial charge in [0, 0.05) is 15.4 Å². The van der Waals surface area contributed by atoms with Crippen LogP contribution in [0.3, 0.4) is 0 Å². The second-order valence-corrected chi connectivity index (χ2v) is 5.30. The van der Waals surface area contributed by atoms with Crippen LogP contribution in [0.15, 0.2) is 38.6 Å². The molecule has 1 aromatic rings. The first kappa shape index (κ1) is 12.6. The zero-order chi connectivity index (χ0) is 11.3. The molecule has 0 fully saturated rings. The molecule has 82 valence electrons. The van der Waals surface area contributed by atoms with Crippen LogP contribution in [0.4, 0.5) is 0 Å². The van der Waals surface area contributed by atoms with Crippen LogP contribution in [-0.4, -0.2) is 17.6 Å². The SMILES string of the molecule is CC(C)N=C(N)CSc1ccccc1Br. The molecule has 0 unspecified atom stereocenters. The maximum atomic E-state index is 5.79. The van der Waals surface area contributed by atoms with E-state index in [9.17, 15) is 0 Å². The number of thioether (sulfide) groups is 1. The van der Waals surface area contributed by atoms with Gasteiger partial charge in [-0.15, -0.1) is 11.8 Å². The van der Waals surface area contributed by atoms with Crippen molar-refractivity contribution in [1.82, 2.24) is 0 Å². The van der Waals surface area contributed by atoms with E-state index in [-0.39, 0.29) is 6.04 Å². The van der Waals surface area contributed by atoms with Gasteiger partial charge in [0.1, 0.15) is 5.84 Å². The van der Waals surface area contributed by atoms with E-state index in [4.69, 9.17) is 5.73 Å². The van der Waals surface area contributed by atoms with E-state index < -0.39 is 0 Å². The van der Waals surface area contributed by atoms with Crippen LogP contribution in [-0.2, 0) is 0 Å². The lowest BCUT2D eigenvalue weighted by atomic mass is 10.4. The van der Waals surface area contributed by atoms with Crippen LogP contribution in [0.25, 0.3) is 0 Å². The third-order valence-corrected chi connectivity index (χ3v) is 3.70. The van der Waals surface area contributed by atoms with Gasteiger partial charge < -0.3 is 5.73 Å². The minimum absolute atomic E-state index is 0.268. The monoisotopic (exact) mass is 286 g/mol. The van der Waals surface area contributed by atoms with Crippen LogP contribution in [0.2, 0.25) is 0 Å². The summed E-state index contributed by atoms with van der Waals surface area (Å²) in [6, 6.07) is 8.38. The number of nitrogens with zero attached hydrogens (tertiary/aromatic N) is 1. The van der Waals surface area contributed by atoms with Gasteiger partial charge in [-0.2, -0.15) is 0 Å². The maximum absolute atomic E-state index is 5.79. The Bertz CT molecular complexity index is 350. The van der Waals surface area contributed by atoms with Gasteiger partial charge in [-0.05, 0) is 41.9 Å². The lowest BCUT2D eigenvalue weighted by Gasteiger charge is -2.05. The van der Waals surface area contributed by atoms with E-state index in [0.29, 0.717) is 5.84 Å². The predicted molar refractivity (Wildman–Crippen MR) is 71.6 cm³/mol. The Hall–Kier alpha value is -0.480. The van der Waals surface area contributed by atoms with Crippen LogP contribution in [0.1, 0.15) is 13.8 Å². The first-order valence-electron chi connectivity index (χ1n) is 4.79. The molecule has 0 radical (unpaired) electrons. The van der Waals surface area contributed by atoms with Crippen molar-refractivity contribution in [2.24, 2.45) is 10.7 Å². The van der Waals surface area contributed by atoms with E-state index in [1.807, 2.05) is 32.0 Å². The quantitative estimate of drug-likeness (QED) is 0.524. The molecule has 1 aromatic carbocycles. The van der Waals surface area contributed by atoms with Gasteiger partial charge in [-0.3, -0.25) is 4.99 Å². The summed E-state index contributed by atoms with van der Waals surface area (Å²) in [5, 5.41) is 0. The zero-order valence-corrected chi connectivity index (χ0v) is 11.3. The molecule has 0 aliphatic rings. The Morgan fingerprint density at radius 2 is 2.13 bits per heavy atom. The number of benzene rings is 1. The molecule has 0 aliphatic carbocycles. The number of rotatable bonds is 4. The first-order valence-corrected chi connectivity index (χ1v) is 6.57. The Balaban J connectivity index is 2.54. The lowest BCUT2D eigenvalue weighted by molar-refractivity contribution is 0.833. The molecule has 0 atom stereocenters. The Morgan fingerprint density at radius 1 is 1.47 bits per heavy atom. The highest BCUT2D eigenvalue weighted by atomic mass is 79.9. The van der Waals surface area contributed by atoms with Crippen molar-refractivity contribution >= 4 is 33.5 Å². The maximum Gasteiger partial charge on any atom is 0.104 e. The van der Waals surface area contributed by atoms with E-state index >= 15 is 0 Å². The van der Waals surface area contributed by atoms with Gasteiger partial charge in [-0.1, -0.05) is 12.1 Å². The molecule has 0 bridgehead atoms. The molecule has 2 nitrogen and oxygen atoms in total. The average molecular weight is 287 g/mol. The van der Waals surface area contributed by atoms with Crippen molar-refractivity contribution in [2.75, 3.05) is 5.75 Å². The molecule has 0 aliphatic heterocycles. The minimum atomic E-state index is 0.268. The molecule has 0 saturated carbocycles. The van der Waals surface area contributed by atoms with Crippen LogP contribution >= 0.6 is 27.7 Å². The van der Waals surface area contributed by atoms with Crippen LogP contribution < -0.4 is 5.73 Å². The molecular weight excluding hydrogens is 272 g/mol. The Labute approximate surface area is 103 Å². The standard InChI is InChI=1S/C11H15BrN2S/c1-8(2)14-11(13)7-15-10-6-4-3-5-9(10)12/h3-6,8H,7H2,1-2H3,(H2,13,14). The molecule has 2 N–H and O–H groups in total. The molecule has 0 saturated heterocycles. The molecule has 15 heavy (non-hydrogen) atoms. The average Bonchev–Trinajstić information content (AvgIpc) is 2.15. The van der Waals surface area contributed by atoms with Gasteiger partial charge in [0.25, 0.3) is 0 Å². The van der Waals surface area contributed by atoms with Gasteiger partial charge >= 0.3 is 0 Å². The number of amidine groups is 1. The van der Waals surface area contributed by atoms with Gasteiger partial charge in [-0.25, -0.2) is 0 Å². The van der Waals surface area contributed by atoms with E-state index in [2.05, 4.69) is 27.0 Å². The molecule has 0 spiro atoms. The van der Waals surface area contributed by atoms with Gasteiger partial charge in [0.05, 0.1) is 5.75 Å². The van der Waals surface area contributed by atoms with Crippen molar-refractivity contribution < 1.29 is 0 Å². The first-order chi connectivity index (χ1) is 7.09. The topological polar surface area (TPSA) is 38.4 Å². The van der Waals surface area contributed by atoms with Gasteiger partial charge in [0.2, 0.25) is 0 Å². The predicted octanol–water partition coefficient (Wildman–Crippen LogP) is 3.31. The Morgan fingerprint density at radius 3 is 2.73 bits per heavy atom. The molecule has 0 aromatic heterocycles. The second kappa shape index (κ2) is 6.18. The minimum Gasteiger partial charge on any atom is -0.387 e. The second-order valence-electron chi connectivity index (χ2n) is 3.43. The van der Waals surface area contributed by atoms with Crippen LogP contribution in [0, 0.1) is 0 Å². The fourth-order valence-electron chi connectivity index (χ4n) is 1.08. The summed E-state index contributed by atoms with van der Waals surface area (Å²) >= 11 is 5.19.